The predicted molar refractivity (Wildman–Crippen MR) is 74.4 cm³/mol. The van der Waals surface area contributed by atoms with E-state index in [1.807, 2.05) is 25.1 Å². The van der Waals surface area contributed by atoms with Gasteiger partial charge >= 0.3 is 0 Å². The fourth-order valence-corrected chi connectivity index (χ4v) is 3.29. The highest BCUT2D eigenvalue weighted by molar-refractivity contribution is 5.99. The molecule has 2 atom stereocenters. The van der Waals surface area contributed by atoms with Crippen molar-refractivity contribution in [2.75, 3.05) is 0 Å². The summed E-state index contributed by atoms with van der Waals surface area (Å²) in [6.45, 7) is 4.10. The number of hydrogen-bond donors (Lipinski definition) is 1. The van der Waals surface area contributed by atoms with Crippen LogP contribution in [0, 0.1) is 11.3 Å². The molecule has 1 saturated heterocycles. The van der Waals surface area contributed by atoms with Crippen LogP contribution in [0.5, 0.6) is 0 Å². The summed E-state index contributed by atoms with van der Waals surface area (Å²) in [5.41, 5.74) is 0.973. The van der Waals surface area contributed by atoms with Gasteiger partial charge in [0.2, 0.25) is 11.8 Å². The molecule has 0 aromatic heterocycles. The van der Waals surface area contributed by atoms with Crippen LogP contribution >= 0.6 is 0 Å². The number of nitrogens with one attached hydrogen (secondary N) is 1. The zero-order chi connectivity index (χ0) is 13.9. The van der Waals surface area contributed by atoms with Crippen LogP contribution in [0.1, 0.15) is 38.7 Å². The quantitative estimate of drug-likeness (QED) is 0.845. The molecule has 0 spiro atoms. The maximum Gasteiger partial charge on any atom is 0.230 e. The number of imide groups is 1. The number of hydrogen-bond acceptors (Lipinski definition) is 2. The first-order chi connectivity index (χ1) is 9.11. The molecule has 1 aromatic carbocycles. The summed E-state index contributed by atoms with van der Waals surface area (Å²) in [6.07, 6.45) is 2.87. The van der Waals surface area contributed by atoms with Gasteiger partial charge in [0.25, 0.3) is 0 Å². The lowest BCUT2D eigenvalue weighted by Crippen LogP contribution is -2.52. The van der Waals surface area contributed by atoms with Crippen molar-refractivity contribution in [3.05, 3.63) is 35.9 Å². The Morgan fingerprint density at radius 2 is 1.89 bits per heavy atom. The zero-order valence-electron chi connectivity index (χ0n) is 11.6. The van der Waals surface area contributed by atoms with E-state index in [0.29, 0.717) is 6.42 Å². The third-order valence-corrected chi connectivity index (χ3v) is 4.34. The average Bonchev–Trinajstić information content (AvgIpc) is 2.39. The van der Waals surface area contributed by atoms with Crippen LogP contribution in [0.4, 0.5) is 0 Å². The van der Waals surface area contributed by atoms with Gasteiger partial charge in [0, 0.05) is 12.3 Å². The molecule has 2 rings (SSSR count). The van der Waals surface area contributed by atoms with Crippen LogP contribution in [0.25, 0.3) is 0 Å². The molecule has 0 saturated carbocycles. The first-order valence-electron chi connectivity index (χ1n) is 6.99. The number of amides is 2. The Hall–Kier alpha value is -1.64. The van der Waals surface area contributed by atoms with Crippen LogP contribution in [-0.4, -0.2) is 11.8 Å². The van der Waals surface area contributed by atoms with Crippen molar-refractivity contribution < 1.29 is 9.59 Å². The normalized spacial score (nSPS) is 27.2. The van der Waals surface area contributed by atoms with E-state index in [2.05, 4.69) is 24.4 Å². The molecule has 1 aromatic rings. The second kappa shape index (κ2) is 5.55. The molecule has 0 bridgehead atoms. The van der Waals surface area contributed by atoms with Crippen molar-refractivity contribution >= 4 is 11.8 Å². The number of benzene rings is 1. The molecule has 1 heterocycles. The maximum absolute atomic E-state index is 12.1. The standard InChI is InChI=1S/C16H21NO2/c1-3-13-15(19)17-14(18)11-16(13,4-2)10-12-8-6-5-7-9-12/h5-9,13H,3-4,10-11H2,1-2H3,(H,17,18,19). The summed E-state index contributed by atoms with van der Waals surface area (Å²) in [6, 6.07) is 10.1. The van der Waals surface area contributed by atoms with E-state index in [-0.39, 0.29) is 23.1 Å². The number of carbonyl (C=O) groups is 2. The molecule has 2 unspecified atom stereocenters. The molecule has 3 nitrogen and oxygen atoms in total. The van der Waals surface area contributed by atoms with E-state index in [9.17, 15) is 9.59 Å². The summed E-state index contributed by atoms with van der Waals surface area (Å²) in [4.78, 5) is 23.8. The van der Waals surface area contributed by atoms with E-state index >= 15 is 0 Å². The van der Waals surface area contributed by atoms with Gasteiger partial charge in [-0.2, -0.15) is 0 Å². The van der Waals surface area contributed by atoms with Gasteiger partial charge in [-0.25, -0.2) is 0 Å². The van der Waals surface area contributed by atoms with Crippen molar-refractivity contribution in [2.24, 2.45) is 11.3 Å². The topological polar surface area (TPSA) is 46.2 Å². The molecule has 0 radical (unpaired) electrons. The average molecular weight is 259 g/mol. The van der Waals surface area contributed by atoms with Crippen LogP contribution in [0.2, 0.25) is 0 Å². The largest absolute Gasteiger partial charge is 0.296 e. The molecule has 1 aliphatic heterocycles. The minimum Gasteiger partial charge on any atom is -0.296 e. The van der Waals surface area contributed by atoms with Gasteiger partial charge in [0.05, 0.1) is 0 Å². The predicted octanol–water partition coefficient (Wildman–Crippen LogP) is 2.70. The fraction of sp³-hybridized carbons (Fsp3) is 0.500. The lowest BCUT2D eigenvalue weighted by Gasteiger charge is -2.42. The molecule has 1 N–H and O–H groups in total. The lowest BCUT2D eigenvalue weighted by molar-refractivity contribution is -0.144. The van der Waals surface area contributed by atoms with E-state index in [0.717, 1.165) is 19.3 Å². The van der Waals surface area contributed by atoms with Gasteiger partial charge in [-0.05, 0) is 30.2 Å². The Balaban J connectivity index is 2.32. The Labute approximate surface area is 114 Å². The van der Waals surface area contributed by atoms with E-state index in [4.69, 9.17) is 0 Å². The summed E-state index contributed by atoms with van der Waals surface area (Å²) in [7, 11) is 0. The third kappa shape index (κ3) is 2.70. The van der Waals surface area contributed by atoms with Crippen molar-refractivity contribution in [3.63, 3.8) is 0 Å². The maximum atomic E-state index is 12.1. The van der Waals surface area contributed by atoms with E-state index in [1.54, 1.807) is 0 Å². The molecule has 1 fully saturated rings. The molecule has 1 aliphatic rings. The first-order valence-corrected chi connectivity index (χ1v) is 6.99. The van der Waals surface area contributed by atoms with Crippen molar-refractivity contribution in [1.29, 1.82) is 0 Å². The van der Waals surface area contributed by atoms with E-state index < -0.39 is 0 Å². The highest BCUT2D eigenvalue weighted by Gasteiger charge is 2.46. The van der Waals surface area contributed by atoms with Gasteiger partial charge in [-0.1, -0.05) is 44.2 Å². The van der Waals surface area contributed by atoms with Gasteiger partial charge in [-0.3, -0.25) is 14.9 Å². The van der Waals surface area contributed by atoms with Crippen LogP contribution in [-0.2, 0) is 16.0 Å². The summed E-state index contributed by atoms with van der Waals surface area (Å²) >= 11 is 0. The molecule has 0 aliphatic carbocycles. The van der Waals surface area contributed by atoms with Crippen LogP contribution in [0.15, 0.2) is 30.3 Å². The van der Waals surface area contributed by atoms with Gasteiger partial charge in [-0.15, -0.1) is 0 Å². The summed E-state index contributed by atoms with van der Waals surface area (Å²) in [5, 5.41) is 2.48. The monoisotopic (exact) mass is 259 g/mol. The van der Waals surface area contributed by atoms with Gasteiger partial charge in [0.1, 0.15) is 0 Å². The number of carbonyl (C=O) groups excluding carboxylic acids is 2. The van der Waals surface area contributed by atoms with Crippen molar-refractivity contribution in [1.82, 2.24) is 5.32 Å². The van der Waals surface area contributed by atoms with Gasteiger partial charge < -0.3 is 0 Å². The first kappa shape index (κ1) is 13.8. The second-order valence-corrected chi connectivity index (χ2v) is 5.43. The van der Waals surface area contributed by atoms with Crippen molar-refractivity contribution in [3.8, 4) is 0 Å². The molecule has 19 heavy (non-hydrogen) atoms. The van der Waals surface area contributed by atoms with Gasteiger partial charge in [0.15, 0.2) is 0 Å². The fourth-order valence-electron chi connectivity index (χ4n) is 3.29. The Kier molecular flexibility index (Phi) is 4.03. The Morgan fingerprint density at radius 3 is 2.47 bits per heavy atom. The minimum atomic E-state index is -0.227. The highest BCUT2D eigenvalue weighted by Crippen LogP contribution is 2.43. The number of rotatable bonds is 4. The summed E-state index contributed by atoms with van der Waals surface area (Å²) in [5.74, 6) is -0.306. The second-order valence-electron chi connectivity index (χ2n) is 5.43. The summed E-state index contributed by atoms with van der Waals surface area (Å²) < 4.78 is 0. The highest BCUT2D eigenvalue weighted by atomic mass is 16.2. The zero-order valence-corrected chi connectivity index (χ0v) is 11.6. The Bertz CT molecular complexity index is 469. The molecular weight excluding hydrogens is 238 g/mol. The molecular formula is C16H21NO2. The molecule has 2 amide bonds. The number of piperidine rings is 1. The van der Waals surface area contributed by atoms with Crippen molar-refractivity contribution in [2.45, 2.75) is 39.5 Å². The van der Waals surface area contributed by atoms with Crippen LogP contribution in [0.3, 0.4) is 0 Å². The minimum absolute atomic E-state index is 0.0737. The third-order valence-electron chi connectivity index (χ3n) is 4.34. The van der Waals surface area contributed by atoms with Crippen LogP contribution < -0.4 is 5.32 Å². The molecule has 102 valence electrons. The molecule has 3 heteroatoms. The SMILES string of the molecule is CCC1C(=O)NC(=O)CC1(CC)Cc1ccccc1. The smallest absolute Gasteiger partial charge is 0.230 e. The van der Waals surface area contributed by atoms with E-state index in [1.165, 1.54) is 5.56 Å². The Morgan fingerprint density at radius 1 is 1.21 bits per heavy atom. The lowest BCUT2D eigenvalue weighted by atomic mass is 9.64.